The zero-order valence-electron chi connectivity index (χ0n) is 11.8. The summed E-state index contributed by atoms with van der Waals surface area (Å²) in [5.41, 5.74) is 1.18. The van der Waals surface area contributed by atoms with Gasteiger partial charge >= 0.3 is 6.18 Å². The van der Waals surface area contributed by atoms with Crippen molar-refractivity contribution < 1.29 is 13.2 Å². The van der Waals surface area contributed by atoms with Crippen molar-refractivity contribution >= 4 is 0 Å². The number of halogens is 3. The molecule has 0 spiro atoms. The lowest BCUT2D eigenvalue weighted by Gasteiger charge is -2.35. The van der Waals surface area contributed by atoms with E-state index in [4.69, 9.17) is 0 Å². The largest absolute Gasteiger partial charge is 0.391 e. The smallest absolute Gasteiger partial charge is 0.316 e. The van der Waals surface area contributed by atoms with Gasteiger partial charge in [-0.15, -0.1) is 0 Å². The number of likely N-dealkylation sites (N-methyl/N-ethyl adjacent to an activating group) is 1. The maximum atomic E-state index is 12.9. The van der Waals surface area contributed by atoms with E-state index in [1.54, 1.807) is 0 Å². The van der Waals surface area contributed by atoms with Crippen LogP contribution in [0.25, 0.3) is 0 Å². The molecule has 1 aromatic rings. The second kappa shape index (κ2) is 6.61. The van der Waals surface area contributed by atoms with E-state index in [0.29, 0.717) is 12.8 Å². The normalized spacial score (nSPS) is 25.4. The summed E-state index contributed by atoms with van der Waals surface area (Å²) in [6.07, 6.45) is -1.10. The minimum Gasteiger partial charge on any atom is -0.316 e. The SMILES string of the molecule is CNC(Cc1ccccc1)C1CCCC(C(F)(F)F)C1. The first-order chi connectivity index (χ1) is 9.50. The molecule has 0 radical (unpaired) electrons. The highest BCUT2D eigenvalue weighted by atomic mass is 19.4. The van der Waals surface area contributed by atoms with Crippen molar-refractivity contribution in [2.24, 2.45) is 11.8 Å². The Morgan fingerprint density at radius 2 is 1.90 bits per heavy atom. The minimum atomic E-state index is -4.04. The maximum Gasteiger partial charge on any atom is 0.391 e. The number of rotatable bonds is 4. The monoisotopic (exact) mass is 285 g/mol. The van der Waals surface area contributed by atoms with E-state index in [1.165, 1.54) is 5.56 Å². The Morgan fingerprint density at radius 3 is 2.50 bits per heavy atom. The lowest BCUT2D eigenvalue weighted by molar-refractivity contribution is -0.186. The van der Waals surface area contributed by atoms with Crippen LogP contribution in [0.2, 0.25) is 0 Å². The van der Waals surface area contributed by atoms with E-state index in [9.17, 15) is 13.2 Å². The first kappa shape index (κ1) is 15.4. The standard InChI is InChI=1S/C16H22F3N/c1-20-15(10-12-6-3-2-4-7-12)13-8-5-9-14(11-13)16(17,18)19/h2-4,6-7,13-15,20H,5,8-11H2,1H3. The Kier molecular flexibility index (Phi) is 5.08. The fraction of sp³-hybridized carbons (Fsp3) is 0.625. The molecule has 3 atom stereocenters. The quantitative estimate of drug-likeness (QED) is 0.875. The van der Waals surface area contributed by atoms with Crippen molar-refractivity contribution in [3.63, 3.8) is 0 Å². The van der Waals surface area contributed by atoms with Gasteiger partial charge in [0.2, 0.25) is 0 Å². The van der Waals surface area contributed by atoms with Gasteiger partial charge in [-0.3, -0.25) is 0 Å². The molecule has 0 heterocycles. The fourth-order valence-electron chi connectivity index (χ4n) is 3.26. The van der Waals surface area contributed by atoms with E-state index < -0.39 is 12.1 Å². The van der Waals surface area contributed by atoms with Crippen LogP contribution in [0.3, 0.4) is 0 Å². The maximum absolute atomic E-state index is 12.9. The van der Waals surface area contributed by atoms with Crippen molar-refractivity contribution in [2.75, 3.05) is 7.05 Å². The predicted molar refractivity (Wildman–Crippen MR) is 74.5 cm³/mol. The van der Waals surface area contributed by atoms with Crippen LogP contribution < -0.4 is 5.32 Å². The third-order valence-electron chi connectivity index (χ3n) is 4.42. The highest BCUT2D eigenvalue weighted by molar-refractivity contribution is 5.16. The van der Waals surface area contributed by atoms with Crippen LogP contribution in [0.15, 0.2) is 30.3 Å². The number of nitrogens with one attached hydrogen (secondary N) is 1. The van der Waals surface area contributed by atoms with Gasteiger partial charge in [-0.05, 0) is 44.2 Å². The summed E-state index contributed by atoms with van der Waals surface area (Å²) >= 11 is 0. The summed E-state index contributed by atoms with van der Waals surface area (Å²) in [5.74, 6) is -1.01. The van der Waals surface area contributed by atoms with Gasteiger partial charge in [-0.2, -0.15) is 13.2 Å². The molecule has 0 bridgehead atoms. The van der Waals surface area contributed by atoms with Gasteiger partial charge in [0.15, 0.2) is 0 Å². The molecule has 20 heavy (non-hydrogen) atoms. The number of benzene rings is 1. The Labute approximate surface area is 118 Å². The molecule has 1 N–H and O–H groups in total. The van der Waals surface area contributed by atoms with Crippen molar-refractivity contribution in [1.82, 2.24) is 5.32 Å². The number of alkyl halides is 3. The molecule has 1 nitrogen and oxygen atoms in total. The molecule has 1 saturated carbocycles. The molecule has 0 saturated heterocycles. The zero-order chi connectivity index (χ0) is 14.6. The van der Waals surface area contributed by atoms with E-state index in [0.717, 1.165) is 12.8 Å². The highest BCUT2D eigenvalue weighted by Crippen LogP contribution is 2.41. The molecular weight excluding hydrogens is 263 g/mol. The minimum absolute atomic E-state index is 0.112. The van der Waals surface area contributed by atoms with Crippen molar-refractivity contribution in [3.8, 4) is 0 Å². The second-order valence-corrected chi connectivity index (χ2v) is 5.75. The van der Waals surface area contributed by atoms with Gasteiger partial charge in [0, 0.05) is 6.04 Å². The third-order valence-corrected chi connectivity index (χ3v) is 4.42. The lowest BCUT2D eigenvalue weighted by atomic mass is 9.76. The van der Waals surface area contributed by atoms with Crippen LogP contribution in [0.4, 0.5) is 13.2 Å². The first-order valence-corrected chi connectivity index (χ1v) is 7.28. The molecule has 3 unspecified atom stereocenters. The lowest BCUT2D eigenvalue weighted by Crippen LogP contribution is -2.40. The molecule has 0 aromatic heterocycles. The molecule has 1 fully saturated rings. The number of hydrogen-bond donors (Lipinski definition) is 1. The van der Waals surface area contributed by atoms with Gasteiger partial charge in [-0.1, -0.05) is 36.8 Å². The Bertz CT molecular complexity index is 402. The van der Waals surface area contributed by atoms with Crippen molar-refractivity contribution in [3.05, 3.63) is 35.9 Å². The highest BCUT2D eigenvalue weighted by Gasteiger charge is 2.43. The summed E-state index contributed by atoms with van der Waals surface area (Å²) in [4.78, 5) is 0. The van der Waals surface area contributed by atoms with Crippen molar-refractivity contribution in [2.45, 2.75) is 44.3 Å². The molecule has 0 aliphatic heterocycles. The molecule has 112 valence electrons. The molecular formula is C16H22F3N. The van der Waals surface area contributed by atoms with E-state index in [1.807, 2.05) is 37.4 Å². The molecule has 0 amide bonds. The van der Waals surface area contributed by atoms with Gasteiger partial charge in [0.1, 0.15) is 0 Å². The van der Waals surface area contributed by atoms with E-state index >= 15 is 0 Å². The summed E-state index contributed by atoms with van der Waals surface area (Å²) in [6.45, 7) is 0. The van der Waals surface area contributed by atoms with Gasteiger partial charge in [0.05, 0.1) is 5.92 Å². The van der Waals surface area contributed by atoms with Gasteiger partial charge in [0.25, 0.3) is 0 Å². The molecule has 2 rings (SSSR count). The number of hydrogen-bond acceptors (Lipinski definition) is 1. The van der Waals surface area contributed by atoms with E-state index in [-0.39, 0.29) is 18.4 Å². The average molecular weight is 285 g/mol. The Hall–Kier alpha value is -1.03. The van der Waals surface area contributed by atoms with Crippen LogP contribution in [-0.4, -0.2) is 19.3 Å². The topological polar surface area (TPSA) is 12.0 Å². The van der Waals surface area contributed by atoms with Crippen LogP contribution in [0.5, 0.6) is 0 Å². The second-order valence-electron chi connectivity index (χ2n) is 5.75. The van der Waals surface area contributed by atoms with Crippen LogP contribution >= 0.6 is 0 Å². The van der Waals surface area contributed by atoms with E-state index in [2.05, 4.69) is 5.32 Å². The zero-order valence-corrected chi connectivity index (χ0v) is 11.8. The molecule has 4 heteroatoms. The fourth-order valence-corrected chi connectivity index (χ4v) is 3.26. The Morgan fingerprint density at radius 1 is 1.20 bits per heavy atom. The van der Waals surface area contributed by atoms with Gasteiger partial charge in [-0.25, -0.2) is 0 Å². The summed E-state index contributed by atoms with van der Waals surface area (Å²) in [5, 5.41) is 3.22. The summed E-state index contributed by atoms with van der Waals surface area (Å²) < 4.78 is 38.7. The van der Waals surface area contributed by atoms with Gasteiger partial charge < -0.3 is 5.32 Å². The molecule has 1 aliphatic carbocycles. The average Bonchev–Trinajstić information content (AvgIpc) is 2.45. The third kappa shape index (κ3) is 3.98. The Balaban J connectivity index is 2.00. The summed E-state index contributed by atoms with van der Waals surface area (Å²) in [6, 6.07) is 10.1. The first-order valence-electron chi connectivity index (χ1n) is 7.28. The molecule has 1 aliphatic rings. The summed E-state index contributed by atoms with van der Waals surface area (Å²) in [7, 11) is 1.85. The van der Waals surface area contributed by atoms with Crippen LogP contribution in [0.1, 0.15) is 31.2 Å². The molecule has 1 aromatic carbocycles. The predicted octanol–water partition coefficient (Wildman–Crippen LogP) is 4.19. The van der Waals surface area contributed by atoms with Crippen molar-refractivity contribution in [1.29, 1.82) is 0 Å². The van der Waals surface area contributed by atoms with Crippen LogP contribution in [0, 0.1) is 11.8 Å². The van der Waals surface area contributed by atoms with Crippen LogP contribution in [-0.2, 0) is 6.42 Å².